The summed E-state index contributed by atoms with van der Waals surface area (Å²) < 4.78 is 11.2. The average Bonchev–Trinajstić information content (AvgIpc) is 2.80. The maximum Gasteiger partial charge on any atom is 0.311 e. The van der Waals surface area contributed by atoms with Crippen LogP contribution in [0.3, 0.4) is 0 Å². The van der Waals surface area contributed by atoms with Crippen LogP contribution in [0.15, 0.2) is 36.7 Å². The van der Waals surface area contributed by atoms with Gasteiger partial charge in [-0.15, -0.1) is 0 Å². The van der Waals surface area contributed by atoms with Crippen molar-refractivity contribution in [3.63, 3.8) is 0 Å². The molecule has 0 N–H and O–H groups in total. The summed E-state index contributed by atoms with van der Waals surface area (Å²) in [5, 5.41) is 0. The van der Waals surface area contributed by atoms with Gasteiger partial charge in [-0.25, -0.2) is 9.97 Å². The van der Waals surface area contributed by atoms with Gasteiger partial charge >= 0.3 is 5.97 Å². The van der Waals surface area contributed by atoms with Crippen molar-refractivity contribution in [2.45, 2.75) is 85.0 Å². The molecule has 0 saturated heterocycles. The first-order valence-electron chi connectivity index (χ1n) is 11.9. The Morgan fingerprint density at radius 3 is 2.19 bits per heavy atom. The second kappa shape index (κ2) is 14.6. The van der Waals surface area contributed by atoms with Crippen LogP contribution in [0.1, 0.15) is 85.0 Å². The van der Waals surface area contributed by atoms with E-state index in [1.54, 1.807) is 12.4 Å². The summed E-state index contributed by atoms with van der Waals surface area (Å²) in [4.78, 5) is 20.6. The standard InChI is InChI=1S/C26H38N2O3/c1-4-6-7-8-9-10-11-18-30-23-15-13-22(14-16-23)26-27-19-24(20-28-26)31-25(29)17-12-21(3)5-2/h13-16,19-21H,4-12,17-18H2,1-3H3. The molecular weight excluding hydrogens is 388 g/mol. The first-order chi connectivity index (χ1) is 15.1. The van der Waals surface area contributed by atoms with E-state index in [0.717, 1.165) is 37.2 Å². The molecule has 0 amide bonds. The van der Waals surface area contributed by atoms with Crippen LogP contribution in [0.25, 0.3) is 11.4 Å². The third-order valence-electron chi connectivity index (χ3n) is 5.53. The molecule has 5 nitrogen and oxygen atoms in total. The van der Waals surface area contributed by atoms with Gasteiger partial charge in [-0.1, -0.05) is 65.7 Å². The van der Waals surface area contributed by atoms with Gasteiger partial charge in [0, 0.05) is 12.0 Å². The number of benzene rings is 1. The van der Waals surface area contributed by atoms with Gasteiger partial charge in [0.1, 0.15) is 5.75 Å². The van der Waals surface area contributed by atoms with E-state index in [-0.39, 0.29) is 5.97 Å². The third-order valence-corrected chi connectivity index (χ3v) is 5.53. The lowest BCUT2D eigenvalue weighted by molar-refractivity contribution is -0.134. The van der Waals surface area contributed by atoms with E-state index in [0.29, 0.717) is 23.9 Å². The van der Waals surface area contributed by atoms with E-state index in [1.165, 1.54) is 38.5 Å². The summed E-state index contributed by atoms with van der Waals surface area (Å²) >= 11 is 0. The number of aromatic nitrogens is 2. The van der Waals surface area contributed by atoms with Crippen molar-refractivity contribution in [1.29, 1.82) is 0 Å². The number of rotatable bonds is 15. The number of nitrogens with zero attached hydrogens (tertiary/aromatic N) is 2. The van der Waals surface area contributed by atoms with Crippen molar-refractivity contribution in [1.82, 2.24) is 9.97 Å². The molecule has 1 aromatic heterocycles. The molecule has 0 radical (unpaired) electrons. The van der Waals surface area contributed by atoms with Crippen molar-refractivity contribution in [2.75, 3.05) is 6.61 Å². The number of carbonyl (C=O) groups is 1. The van der Waals surface area contributed by atoms with Crippen LogP contribution in [0.5, 0.6) is 11.5 Å². The largest absolute Gasteiger partial charge is 0.494 e. The minimum Gasteiger partial charge on any atom is -0.494 e. The van der Waals surface area contributed by atoms with Gasteiger partial charge in [0.2, 0.25) is 0 Å². The van der Waals surface area contributed by atoms with Crippen LogP contribution in [-0.4, -0.2) is 22.5 Å². The molecule has 1 heterocycles. The lowest BCUT2D eigenvalue weighted by Gasteiger charge is -2.08. The van der Waals surface area contributed by atoms with Gasteiger partial charge in [-0.3, -0.25) is 4.79 Å². The number of ether oxygens (including phenoxy) is 2. The predicted octanol–water partition coefficient (Wildman–Crippen LogP) is 7.00. The van der Waals surface area contributed by atoms with Gasteiger partial charge in [0.05, 0.1) is 19.0 Å². The monoisotopic (exact) mass is 426 g/mol. The zero-order valence-corrected chi connectivity index (χ0v) is 19.4. The highest BCUT2D eigenvalue weighted by Gasteiger charge is 2.09. The van der Waals surface area contributed by atoms with E-state index in [2.05, 4.69) is 30.7 Å². The van der Waals surface area contributed by atoms with E-state index in [9.17, 15) is 4.79 Å². The number of carbonyl (C=O) groups excluding carboxylic acids is 1. The molecule has 1 unspecified atom stereocenters. The molecule has 0 spiro atoms. The molecule has 31 heavy (non-hydrogen) atoms. The van der Waals surface area contributed by atoms with Crippen molar-refractivity contribution in [2.24, 2.45) is 5.92 Å². The third kappa shape index (κ3) is 9.95. The summed E-state index contributed by atoms with van der Waals surface area (Å²) in [5.74, 6) is 2.12. The molecule has 0 bridgehead atoms. The molecule has 0 saturated carbocycles. The fourth-order valence-corrected chi connectivity index (χ4v) is 3.22. The first-order valence-corrected chi connectivity index (χ1v) is 11.9. The van der Waals surface area contributed by atoms with E-state index >= 15 is 0 Å². The smallest absolute Gasteiger partial charge is 0.311 e. The zero-order chi connectivity index (χ0) is 22.3. The van der Waals surface area contributed by atoms with Crippen molar-refractivity contribution < 1.29 is 14.3 Å². The summed E-state index contributed by atoms with van der Waals surface area (Å²) in [5.41, 5.74) is 0.901. The molecule has 1 atom stereocenters. The van der Waals surface area contributed by atoms with Crippen LogP contribution in [-0.2, 0) is 4.79 Å². The van der Waals surface area contributed by atoms with Crippen molar-refractivity contribution in [3.8, 4) is 22.9 Å². The molecule has 0 aliphatic rings. The molecule has 2 rings (SSSR count). The second-order valence-electron chi connectivity index (χ2n) is 8.26. The van der Waals surface area contributed by atoms with Crippen LogP contribution in [0.2, 0.25) is 0 Å². The molecule has 0 aliphatic heterocycles. The summed E-state index contributed by atoms with van der Waals surface area (Å²) in [6.07, 6.45) is 14.3. The normalized spacial score (nSPS) is 11.8. The Hall–Kier alpha value is -2.43. The topological polar surface area (TPSA) is 61.3 Å². The van der Waals surface area contributed by atoms with Gasteiger partial charge in [0.15, 0.2) is 11.6 Å². The van der Waals surface area contributed by atoms with Crippen molar-refractivity contribution >= 4 is 5.97 Å². The molecule has 0 aliphatic carbocycles. The van der Waals surface area contributed by atoms with Gasteiger partial charge < -0.3 is 9.47 Å². The van der Waals surface area contributed by atoms with Crippen LogP contribution < -0.4 is 9.47 Å². The highest BCUT2D eigenvalue weighted by molar-refractivity contribution is 5.72. The quantitative estimate of drug-likeness (QED) is 0.226. The Morgan fingerprint density at radius 1 is 0.903 bits per heavy atom. The molecule has 1 aromatic carbocycles. The summed E-state index contributed by atoms with van der Waals surface area (Å²) in [7, 11) is 0. The minimum absolute atomic E-state index is 0.237. The van der Waals surface area contributed by atoms with Crippen molar-refractivity contribution in [3.05, 3.63) is 36.7 Å². The SMILES string of the molecule is CCCCCCCCCOc1ccc(-c2ncc(OC(=O)CCC(C)CC)cn2)cc1. The van der Waals surface area contributed by atoms with Crippen LogP contribution >= 0.6 is 0 Å². The molecule has 0 fully saturated rings. The number of esters is 1. The van der Waals surface area contributed by atoms with Crippen LogP contribution in [0.4, 0.5) is 0 Å². The Morgan fingerprint density at radius 2 is 1.55 bits per heavy atom. The van der Waals surface area contributed by atoms with E-state index < -0.39 is 0 Å². The first kappa shape index (κ1) is 24.8. The molecule has 2 aromatic rings. The average molecular weight is 427 g/mol. The summed E-state index contributed by atoms with van der Waals surface area (Å²) in [6.45, 7) is 7.25. The Labute approximate surface area is 187 Å². The summed E-state index contributed by atoms with van der Waals surface area (Å²) in [6, 6.07) is 7.80. The van der Waals surface area contributed by atoms with Gasteiger partial charge in [-0.05, 0) is 43.0 Å². The lowest BCUT2D eigenvalue weighted by Crippen LogP contribution is -2.10. The maximum absolute atomic E-state index is 11.9. The minimum atomic E-state index is -0.237. The fraction of sp³-hybridized carbons (Fsp3) is 0.577. The number of hydrogen-bond acceptors (Lipinski definition) is 5. The Balaban J connectivity index is 1.72. The maximum atomic E-state index is 11.9. The van der Waals surface area contributed by atoms with Gasteiger partial charge in [0.25, 0.3) is 0 Å². The van der Waals surface area contributed by atoms with Gasteiger partial charge in [-0.2, -0.15) is 0 Å². The van der Waals surface area contributed by atoms with E-state index in [4.69, 9.17) is 9.47 Å². The number of unbranched alkanes of at least 4 members (excludes halogenated alkanes) is 6. The Bertz CT molecular complexity index is 744. The van der Waals surface area contributed by atoms with Crippen LogP contribution in [0, 0.1) is 5.92 Å². The molecule has 5 heteroatoms. The Kier molecular flexibility index (Phi) is 11.7. The number of hydrogen-bond donors (Lipinski definition) is 0. The predicted molar refractivity (Wildman–Crippen MR) is 125 cm³/mol. The fourth-order valence-electron chi connectivity index (χ4n) is 3.22. The lowest BCUT2D eigenvalue weighted by atomic mass is 10.0. The highest BCUT2D eigenvalue weighted by atomic mass is 16.5. The molecular formula is C26H38N2O3. The second-order valence-corrected chi connectivity index (χ2v) is 8.26. The highest BCUT2D eigenvalue weighted by Crippen LogP contribution is 2.21. The zero-order valence-electron chi connectivity index (χ0n) is 19.4. The van der Waals surface area contributed by atoms with E-state index in [1.807, 2.05) is 24.3 Å². The molecule has 170 valence electrons.